The average molecular weight is 530 g/mol. The van der Waals surface area contributed by atoms with E-state index < -0.39 is 65.9 Å². The van der Waals surface area contributed by atoms with Crippen LogP contribution in [0, 0.1) is 0 Å². The van der Waals surface area contributed by atoms with Crippen LogP contribution in [0.5, 0.6) is 0 Å². The third-order valence-corrected chi connectivity index (χ3v) is 7.08. The molecule has 2 unspecified atom stereocenters. The van der Waals surface area contributed by atoms with E-state index >= 15 is 0 Å². The summed E-state index contributed by atoms with van der Waals surface area (Å²) in [5.74, 6) is 0. The van der Waals surface area contributed by atoms with Crippen molar-refractivity contribution in [1.29, 1.82) is 0 Å². The van der Waals surface area contributed by atoms with Crippen LogP contribution in [-0.2, 0) is 31.6 Å². The first-order valence-corrected chi connectivity index (χ1v) is 11.7. The molecule has 6 atom stereocenters. The molecule has 17 nitrogen and oxygen atoms in total. The first-order chi connectivity index (χ1) is 13.1. The van der Waals surface area contributed by atoms with Crippen molar-refractivity contribution in [2.45, 2.75) is 24.5 Å². The number of aromatic amines is 1. The third kappa shape index (κ3) is 9.62. The summed E-state index contributed by atoms with van der Waals surface area (Å²) in [6.45, 7) is -1.05. The number of ether oxygens (including phenoxy) is 1. The Kier molecular flexibility index (Phi) is 12.5. The van der Waals surface area contributed by atoms with Gasteiger partial charge in [0.1, 0.15) is 18.3 Å². The molecule has 0 spiro atoms. The molecule has 0 bridgehead atoms. The average Bonchev–Trinajstić information content (AvgIpc) is 2.78. The van der Waals surface area contributed by atoms with E-state index in [0.717, 1.165) is 12.3 Å². The van der Waals surface area contributed by atoms with Gasteiger partial charge >= 0.3 is 29.2 Å². The van der Waals surface area contributed by atoms with Crippen LogP contribution in [0.2, 0.25) is 0 Å². The molecule has 1 aromatic heterocycles. The number of aliphatic hydroxyl groups is 2. The van der Waals surface area contributed by atoms with Crippen LogP contribution in [-0.4, -0.2) is 123 Å². The van der Waals surface area contributed by atoms with Crippen LogP contribution in [0.4, 0.5) is 0 Å². The second kappa shape index (κ2) is 12.1. The fraction of sp³-hybridized carbons (Fsp3) is 0.556. The summed E-state index contributed by atoms with van der Waals surface area (Å²) in [5, 5.41) is 19.9. The summed E-state index contributed by atoms with van der Waals surface area (Å²) in [6, 6.07) is 0.920. The zero-order valence-corrected chi connectivity index (χ0v) is 22.5. The molecule has 1 aromatic rings. The standard InChI is InChI=1S/C9H15N2O15P3.2Na/c12-5-1-2-11(9(15)10-5)8-7(14)6(13)4(24-8)3-23-28(19,20)26-29(21,22)25-27(16,17)18;;/h1-2,4,6-8,13-14H,3H2,(H,19,20)(H,21,22)(H,10,12,15)(H2,16,17,18);;/t4-,6-,7-,8-;;/m1../s1. The molecule has 2 radical (unpaired) electrons. The minimum atomic E-state index is -5.73. The first kappa shape index (κ1) is 32.0. The van der Waals surface area contributed by atoms with Gasteiger partial charge in [-0.1, -0.05) is 0 Å². The van der Waals surface area contributed by atoms with Crippen molar-refractivity contribution in [2.75, 3.05) is 6.61 Å². The Bertz CT molecular complexity index is 1010. The normalized spacial score (nSPS) is 27.4. The van der Waals surface area contributed by atoms with Gasteiger partial charge < -0.3 is 34.5 Å². The van der Waals surface area contributed by atoms with Crippen LogP contribution >= 0.6 is 23.5 Å². The number of nitrogens with zero attached hydrogens (tertiary/aromatic N) is 1. The number of phosphoric ester groups is 1. The van der Waals surface area contributed by atoms with Gasteiger partial charge in [0.25, 0.3) is 5.56 Å². The van der Waals surface area contributed by atoms with Gasteiger partial charge in [0.05, 0.1) is 6.61 Å². The molecule has 1 saturated heterocycles. The van der Waals surface area contributed by atoms with Gasteiger partial charge in [-0.15, -0.1) is 0 Å². The van der Waals surface area contributed by atoms with Crippen LogP contribution in [0.25, 0.3) is 0 Å². The van der Waals surface area contributed by atoms with Crippen molar-refractivity contribution < 1.29 is 61.4 Å². The number of hydrogen-bond donors (Lipinski definition) is 7. The van der Waals surface area contributed by atoms with Crippen LogP contribution in [0.1, 0.15) is 6.23 Å². The van der Waals surface area contributed by atoms with E-state index in [1.165, 1.54) is 0 Å². The third-order valence-electron chi connectivity index (χ3n) is 3.28. The van der Waals surface area contributed by atoms with E-state index in [-0.39, 0.29) is 59.1 Å². The fourth-order valence-electron chi connectivity index (χ4n) is 2.20. The number of hydrogen-bond acceptors (Lipinski definition) is 11. The van der Waals surface area contributed by atoms with E-state index in [2.05, 4.69) is 13.1 Å². The van der Waals surface area contributed by atoms with Gasteiger partial charge in [0, 0.05) is 71.4 Å². The molecule has 22 heteroatoms. The fourth-order valence-corrected chi connectivity index (χ4v) is 5.23. The van der Waals surface area contributed by atoms with Crippen molar-refractivity contribution >= 4 is 82.6 Å². The van der Waals surface area contributed by atoms with Crippen molar-refractivity contribution in [3.05, 3.63) is 33.1 Å². The van der Waals surface area contributed by atoms with Crippen LogP contribution in [0.15, 0.2) is 21.9 Å². The summed E-state index contributed by atoms with van der Waals surface area (Å²) >= 11 is 0. The molecule has 1 aliphatic rings. The summed E-state index contributed by atoms with van der Waals surface area (Å²) in [6.07, 6.45) is -5.70. The molecule has 0 saturated carbocycles. The number of phosphoric acid groups is 3. The number of aliphatic hydroxyl groups excluding tert-OH is 2. The summed E-state index contributed by atoms with van der Waals surface area (Å²) in [5.41, 5.74) is -1.74. The van der Waals surface area contributed by atoms with Gasteiger partial charge in [0.2, 0.25) is 0 Å². The molecule has 2 rings (SSSR count). The van der Waals surface area contributed by atoms with Crippen LogP contribution in [0.3, 0.4) is 0 Å². The van der Waals surface area contributed by atoms with E-state index in [1.807, 2.05) is 4.98 Å². The molecule has 1 aliphatic heterocycles. The topological polar surface area (TPSA) is 264 Å². The van der Waals surface area contributed by atoms with Gasteiger partial charge in [0.15, 0.2) is 6.23 Å². The maximum atomic E-state index is 11.7. The quantitative estimate of drug-likeness (QED) is 0.128. The SMILES string of the molecule is O=c1ccn([C@@H]2O[C@H](COP(=O)(O)OP(=O)(O)OP(=O)(O)O)[C@@H](O)[C@H]2O)c(=O)[nH]1.[Na].[Na]. The van der Waals surface area contributed by atoms with Crippen molar-refractivity contribution in [2.24, 2.45) is 0 Å². The molecule has 2 heterocycles. The van der Waals surface area contributed by atoms with Crippen molar-refractivity contribution in [3.63, 3.8) is 0 Å². The zero-order chi connectivity index (χ0) is 22.2. The Morgan fingerprint density at radius 1 is 1.00 bits per heavy atom. The van der Waals surface area contributed by atoms with E-state index in [1.54, 1.807) is 0 Å². The number of nitrogens with one attached hydrogen (secondary N) is 1. The monoisotopic (exact) mass is 530 g/mol. The van der Waals surface area contributed by atoms with E-state index in [0.29, 0.717) is 4.57 Å². The Morgan fingerprint density at radius 2 is 1.58 bits per heavy atom. The molecular formula is C9H15N2Na2O15P3. The number of rotatable bonds is 8. The molecule has 0 amide bonds. The van der Waals surface area contributed by atoms with Gasteiger partial charge in [-0.05, 0) is 0 Å². The zero-order valence-electron chi connectivity index (χ0n) is 15.8. The van der Waals surface area contributed by atoms with Crippen molar-refractivity contribution in [1.82, 2.24) is 9.55 Å². The number of aromatic nitrogens is 2. The van der Waals surface area contributed by atoms with Crippen LogP contribution < -0.4 is 11.2 Å². The summed E-state index contributed by atoms with van der Waals surface area (Å²) in [4.78, 5) is 59.9. The second-order valence-corrected chi connectivity index (χ2v) is 9.87. The summed E-state index contributed by atoms with van der Waals surface area (Å²) < 4.78 is 50.6. The summed E-state index contributed by atoms with van der Waals surface area (Å²) in [7, 11) is -16.8. The van der Waals surface area contributed by atoms with E-state index in [4.69, 9.17) is 19.4 Å². The maximum Gasteiger partial charge on any atom is 0.490 e. The molecule has 31 heavy (non-hydrogen) atoms. The molecule has 7 N–H and O–H groups in total. The Hall–Kier alpha value is 0.970. The molecular weight excluding hydrogens is 515 g/mol. The Morgan fingerprint density at radius 3 is 2.10 bits per heavy atom. The second-order valence-electron chi connectivity index (χ2n) is 5.45. The van der Waals surface area contributed by atoms with Crippen molar-refractivity contribution in [3.8, 4) is 0 Å². The smallest absolute Gasteiger partial charge is 0.387 e. The van der Waals surface area contributed by atoms with E-state index in [9.17, 15) is 38.4 Å². The molecule has 0 aromatic carbocycles. The van der Waals surface area contributed by atoms with Gasteiger partial charge in [-0.3, -0.25) is 18.9 Å². The predicted octanol–water partition coefficient (Wildman–Crippen LogP) is -3.26. The molecule has 0 aliphatic carbocycles. The minimum absolute atomic E-state index is 0. The molecule has 1 fully saturated rings. The Labute approximate surface area is 216 Å². The predicted molar refractivity (Wildman–Crippen MR) is 98.6 cm³/mol. The first-order valence-electron chi connectivity index (χ1n) is 7.22. The largest absolute Gasteiger partial charge is 0.490 e. The minimum Gasteiger partial charge on any atom is -0.387 e. The molecule has 168 valence electrons. The maximum absolute atomic E-state index is 11.7. The van der Waals surface area contributed by atoms with Gasteiger partial charge in [-0.2, -0.15) is 8.62 Å². The van der Waals surface area contributed by atoms with Gasteiger partial charge in [-0.25, -0.2) is 18.5 Å². The Balaban J connectivity index is 0.00000450. The number of H-pyrrole nitrogens is 1.